The molecule has 1 saturated heterocycles. The van der Waals surface area contributed by atoms with Crippen molar-refractivity contribution in [3.8, 4) is 0 Å². The average Bonchev–Trinajstić information content (AvgIpc) is 3.27. The summed E-state index contributed by atoms with van der Waals surface area (Å²) in [5.74, 6) is -0.839. The Balaban J connectivity index is 1.40. The molecule has 8 heteroatoms. The van der Waals surface area contributed by atoms with E-state index in [9.17, 15) is 18.0 Å². The van der Waals surface area contributed by atoms with Crippen molar-refractivity contribution in [2.45, 2.75) is 74.6 Å². The molecule has 0 radical (unpaired) electrons. The lowest BCUT2D eigenvalue weighted by molar-refractivity contribution is -0.153. The number of hydrogen-bond donors (Lipinski definition) is 1. The topological polar surface area (TPSA) is 92.8 Å². The maximum atomic E-state index is 13.1. The van der Waals surface area contributed by atoms with E-state index in [1.165, 1.54) is 17.0 Å². The fourth-order valence-corrected chi connectivity index (χ4v) is 6.81. The summed E-state index contributed by atoms with van der Waals surface area (Å²) in [6.07, 6.45) is 7.93. The molecule has 7 nitrogen and oxygen atoms in total. The minimum absolute atomic E-state index is 0.165. The lowest BCUT2D eigenvalue weighted by atomic mass is 9.81. The number of fused-ring (bicyclic) bond motifs is 1. The number of methoxy groups -OCH3 is 1. The van der Waals surface area contributed by atoms with E-state index < -0.39 is 15.6 Å². The van der Waals surface area contributed by atoms with E-state index in [2.05, 4.69) is 5.32 Å². The Hall–Kier alpha value is -1.93. The third-order valence-electron chi connectivity index (χ3n) is 7.18. The summed E-state index contributed by atoms with van der Waals surface area (Å²) in [4.78, 5) is 25.7. The molecule has 1 aromatic rings. The fourth-order valence-electron chi connectivity index (χ4n) is 5.28. The van der Waals surface area contributed by atoms with Crippen molar-refractivity contribution >= 4 is 21.9 Å². The zero-order valence-electron chi connectivity index (χ0n) is 18.2. The van der Waals surface area contributed by atoms with Crippen molar-refractivity contribution in [2.24, 2.45) is 5.92 Å². The van der Waals surface area contributed by atoms with Gasteiger partial charge in [0.05, 0.1) is 12.0 Å². The SMILES string of the molecule is COC(=O)C1(NC(=O)C2CCN(S(=O)(=O)c3ccc4c(c3)CCC4)CC2)CCCCC1. The summed E-state index contributed by atoms with van der Waals surface area (Å²) < 4.78 is 32.7. The maximum Gasteiger partial charge on any atom is 0.331 e. The van der Waals surface area contributed by atoms with Crippen molar-refractivity contribution < 1.29 is 22.7 Å². The van der Waals surface area contributed by atoms with Gasteiger partial charge in [-0.1, -0.05) is 25.3 Å². The number of carbonyl (C=O) groups is 2. The van der Waals surface area contributed by atoms with E-state index in [4.69, 9.17) is 4.74 Å². The van der Waals surface area contributed by atoms with Crippen molar-refractivity contribution in [1.82, 2.24) is 9.62 Å². The van der Waals surface area contributed by atoms with Crippen LogP contribution in [0.15, 0.2) is 23.1 Å². The minimum atomic E-state index is -3.56. The number of hydrogen-bond acceptors (Lipinski definition) is 5. The molecule has 1 N–H and O–H groups in total. The number of ether oxygens (including phenoxy) is 1. The first-order valence-corrected chi connectivity index (χ1v) is 12.8. The number of esters is 1. The lowest BCUT2D eigenvalue weighted by Crippen LogP contribution is -2.58. The lowest BCUT2D eigenvalue weighted by Gasteiger charge is -2.37. The highest BCUT2D eigenvalue weighted by atomic mass is 32.2. The van der Waals surface area contributed by atoms with E-state index in [0.717, 1.165) is 44.1 Å². The fraction of sp³-hybridized carbons (Fsp3) is 0.652. The summed E-state index contributed by atoms with van der Waals surface area (Å²) >= 11 is 0. The predicted octanol–water partition coefficient (Wildman–Crippen LogP) is 2.57. The van der Waals surface area contributed by atoms with Crippen LogP contribution in [0.3, 0.4) is 0 Å². The quantitative estimate of drug-likeness (QED) is 0.699. The van der Waals surface area contributed by atoms with Gasteiger partial charge in [0.25, 0.3) is 0 Å². The number of aryl methyl sites for hydroxylation is 2. The van der Waals surface area contributed by atoms with E-state index in [0.29, 0.717) is 43.7 Å². The number of piperidine rings is 1. The van der Waals surface area contributed by atoms with Gasteiger partial charge in [-0.2, -0.15) is 4.31 Å². The number of benzene rings is 1. The molecule has 4 rings (SSSR count). The third-order valence-corrected chi connectivity index (χ3v) is 9.07. The molecule has 0 bridgehead atoms. The molecule has 0 spiro atoms. The Bertz CT molecular complexity index is 945. The first kappa shape index (κ1) is 22.3. The van der Waals surface area contributed by atoms with Crippen LogP contribution in [-0.2, 0) is 37.2 Å². The first-order valence-electron chi connectivity index (χ1n) is 11.4. The molecule has 2 aliphatic carbocycles. The highest BCUT2D eigenvalue weighted by Crippen LogP contribution is 2.32. The van der Waals surface area contributed by atoms with Crippen LogP contribution in [0.5, 0.6) is 0 Å². The summed E-state index contributed by atoms with van der Waals surface area (Å²) in [5.41, 5.74) is 1.45. The highest BCUT2D eigenvalue weighted by Gasteiger charge is 2.43. The van der Waals surface area contributed by atoms with Gasteiger partial charge in [-0.25, -0.2) is 13.2 Å². The van der Waals surface area contributed by atoms with E-state index in [1.54, 1.807) is 6.07 Å². The summed E-state index contributed by atoms with van der Waals surface area (Å²) in [5, 5.41) is 2.98. The maximum absolute atomic E-state index is 13.1. The zero-order valence-corrected chi connectivity index (χ0v) is 19.0. The van der Waals surface area contributed by atoms with Crippen LogP contribution in [0.1, 0.15) is 62.5 Å². The Labute approximate surface area is 184 Å². The van der Waals surface area contributed by atoms with Crippen LogP contribution in [0.2, 0.25) is 0 Å². The number of nitrogens with zero attached hydrogens (tertiary/aromatic N) is 1. The molecular weight excluding hydrogens is 416 g/mol. The van der Waals surface area contributed by atoms with Gasteiger partial charge in [0.1, 0.15) is 5.54 Å². The van der Waals surface area contributed by atoms with Crippen LogP contribution < -0.4 is 5.32 Å². The molecule has 2 fully saturated rings. The first-order chi connectivity index (χ1) is 14.9. The normalized spacial score (nSPS) is 22.0. The van der Waals surface area contributed by atoms with Crippen LogP contribution >= 0.6 is 0 Å². The summed E-state index contributed by atoms with van der Waals surface area (Å²) in [6.45, 7) is 0.617. The van der Waals surface area contributed by atoms with E-state index in [1.807, 2.05) is 12.1 Å². The molecule has 0 atom stereocenters. The summed E-state index contributed by atoms with van der Waals surface area (Å²) in [6, 6.07) is 5.47. The second-order valence-electron chi connectivity index (χ2n) is 9.09. The van der Waals surface area contributed by atoms with Gasteiger partial charge in [0.15, 0.2) is 0 Å². The van der Waals surface area contributed by atoms with E-state index >= 15 is 0 Å². The van der Waals surface area contributed by atoms with Crippen molar-refractivity contribution in [3.63, 3.8) is 0 Å². The molecule has 1 saturated carbocycles. The van der Waals surface area contributed by atoms with Gasteiger partial charge in [-0.05, 0) is 68.2 Å². The average molecular weight is 449 g/mol. The number of sulfonamides is 1. The van der Waals surface area contributed by atoms with Gasteiger partial charge in [-0.15, -0.1) is 0 Å². The molecule has 0 aromatic heterocycles. The molecule has 3 aliphatic rings. The van der Waals surface area contributed by atoms with Gasteiger partial charge < -0.3 is 10.1 Å². The molecule has 1 amide bonds. The number of rotatable bonds is 5. The Morgan fingerprint density at radius 3 is 2.39 bits per heavy atom. The highest BCUT2D eigenvalue weighted by molar-refractivity contribution is 7.89. The van der Waals surface area contributed by atoms with Crippen LogP contribution in [-0.4, -0.2) is 50.3 Å². The number of nitrogens with one attached hydrogen (secondary N) is 1. The van der Waals surface area contributed by atoms with Gasteiger partial charge in [0.2, 0.25) is 15.9 Å². The monoisotopic (exact) mass is 448 g/mol. The Kier molecular flexibility index (Phi) is 6.40. The van der Waals surface area contributed by atoms with Crippen LogP contribution in [0.25, 0.3) is 0 Å². The molecule has 31 heavy (non-hydrogen) atoms. The van der Waals surface area contributed by atoms with Crippen LogP contribution in [0.4, 0.5) is 0 Å². The zero-order chi connectivity index (χ0) is 22.1. The molecule has 1 aliphatic heterocycles. The van der Waals surface area contributed by atoms with Gasteiger partial charge in [0, 0.05) is 19.0 Å². The van der Waals surface area contributed by atoms with Crippen molar-refractivity contribution in [1.29, 1.82) is 0 Å². The van der Waals surface area contributed by atoms with E-state index in [-0.39, 0.29) is 17.8 Å². The molecule has 170 valence electrons. The van der Waals surface area contributed by atoms with Gasteiger partial charge >= 0.3 is 5.97 Å². The van der Waals surface area contributed by atoms with Crippen molar-refractivity contribution in [3.05, 3.63) is 29.3 Å². The minimum Gasteiger partial charge on any atom is -0.467 e. The largest absolute Gasteiger partial charge is 0.467 e. The van der Waals surface area contributed by atoms with Gasteiger partial charge in [-0.3, -0.25) is 4.79 Å². The standard InChI is InChI=1S/C23H32N2O5S/c1-30-22(27)23(12-3-2-4-13-23)24-21(26)18-10-14-25(15-11-18)31(28,29)20-9-8-17-6-5-7-19(17)16-20/h8-9,16,18H,2-7,10-15H2,1H3,(H,24,26). The molecule has 1 heterocycles. The Morgan fingerprint density at radius 2 is 1.71 bits per heavy atom. The van der Waals surface area contributed by atoms with Crippen molar-refractivity contribution in [2.75, 3.05) is 20.2 Å². The van der Waals surface area contributed by atoms with Crippen LogP contribution in [0, 0.1) is 5.92 Å². The second kappa shape index (κ2) is 8.90. The third kappa shape index (κ3) is 4.37. The molecular formula is C23H32N2O5S. The predicted molar refractivity (Wildman–Crippen MR) is 116 cm³/mol. The smallest absolute Gasteiger partial charge is 0.331 e. The summed E-state index contributed by atoms with van der Waals surface area (Å²) in [7, 11) is -2.21. The number of carbonyl (C=O) groups excluding carboxylic acids is 2. The molecule has 1 aromatic carbocycles. The Morgan fingerprint density at radius 1 is 1.03 bits per heavy atom. The molecule has 0 unspecified atom stereocenters. The second-order valence-corrected chi connectivity index (χ2v) is 11.0. The number of amides is 1.